The van der Waals surface area contributed by atoms with Crippen LogP contribution in [0.3, 0.4) is 0 Å². The minimum absolute atomic E-state index is 0.0144. The number of carbonyl (C=O) groups is 1. The highest BCUT2D eigenvalue weighted by Crippen LogP contribution is 2.31. The number of thiazole rings is 1. The van der Waals surface area contributed by atoms with E-state index in [0.29, 0.717) is 18.8 Å². The van der Waals surface area contributed by atoms with Crippen molar-refractivity contribution in [2.24, 2.45) is 5.92 Å². The average molecular weight is 331 g/mol. The van der Waals surface area contributed by atoms with Crippen molar-refractivity contribution in [1.29, 1.82) is 0 Å². The van der Waals surface area contributed by atoms with Crippen LogP contribution in [0.5, 0.6) is 0 Å². The van der Waals surface area contributed by atoms with Crippen LogP contribution in [-0.2, 0) is 17.6 Å². The van der Waals surface area contributed by atoms with Gasteiger partial charge in [-0.15, -0.1) is 11.3 Å². The zero-order valence-electron chi connectivity index (χ0n) is 13.1. The predicted octanol–water partition coefficient (Wildman–Crippen LogP) is 1.89. The third-order valence-corrected chi connectivity index (χ3v) is 5.05. The molecule has 1 aliphatic rings. The van der Waals surface area contributed by atoms with Gasteiger partial charge in [0.25, 0.3) is 0 Å². The Bertz CT molecular complexity index is 653. The van der Waals surface area contributed by atoms with E-state index in [1.165, 1.54) is 0 Å². The first kappa shape index (κ1) is 16.1. The maximum atomic E-state index is 12.3. The van der Waals surface area contributed by atoms with Crippen LogP contribution in [0.2, 0.25) is 0 Å². The number of hydrogen-bond acceptors (Lipinski definition) is 5. The van der Waals surface area contributed by atoms with Crippen molar-refractivity contribution in [1.82, 2.24) is 15.3 Å². The lowest BCUT2D eigenvalue weighted by atomic mass is 9.76. The topological polar surface area (TPSA) is 75.1 Å². The van der Waals surface area contributed by atoms with Crippen LogP contribution in [0.25, 0.3) is 0 Å². The number of amides is 1. The molecule has 0 aliphatic heterocycles. The molecule has 1 saturated carbocycles. The summed E-state index contributed by atoms with van der Waals surface area (Å²) in [5, 5.41) is 15.6. The Morgan fingerprint density at radius 3 is 2.87 bits per heavy atom. The normalized spacial score (nSPS) is 21.5. The van der Waals surface area contributed by atoms with E-state index in [0.717, 1.165) is 29.2 Å². The molecule has 0 saturated heterocycles. The molecule has 5 nitrogen and oxygen atoms in total. The van der Waals surface area contributed by atoms with Crippen LogP contribution in [0.1, 0.15) is 29.2 Å². The molecular formula is C17H21N3O2S. The van der Waals surface area contributed by atoms with E-state index < -0.39 is 0 Å². The first-order valence-electron chi connectivity index (χ1n) is 7.88. The molecule has 122 valence electrons. The highest BCUT2D eigenvalue weighted by molar-refractivity contribution is 7.09. The zero-order chi connectivity index (χ0) is 16.2. The summed E-state index contributed by atoms with van der Waals surface area (Å²) in [5.74, 6) is 0.297. The molecule has 1 amide bonds. The van der Waals surface area contributed by atoms with Crippen molar-refractivity contribution in [3.63, 3.8) is 0 Å². The van der Waals surface area contributed by atoms with Gasteiger partial charge in [-0.25, -0.2) is 4.98 Å². The van der Waals surface area contributed by atoms with Crippen LogP contribution in [0.15, 0.2) is 29.8 Å². The van der Waals surface area contributed by atoms with Gasteiger partial charge in [-0.2, -0.15) is 0 Å². The SMILES string of the molecule is Cc1nc(CC(=O)NC(Cc2ccccn2)C2CC(O)C2)cs1. The van der Waals surface area contributed by atoms with Gasteiger partial charge in [0.1, 0.15) is 0 Å². The Morgan fingerprint density at radius 2 is 2.26 bits per heavy atom. The second-order valence-corrected chi connectivity index (χ2v) is 7.18. The summed E-state index contributed by atoms with van der Waals surface area (Å²) in [4.78, 5) is 21.0. The number of rotatable bonds is 6. The number of carbonyl (C=O) groups excluding carboxylic acids is 1. The first-order valence-corrected chi connectivity index (χ1v) is 8.76. The van der Waals surface area contributed by atoms with Crippen molar-refractivity contribution in [3.8, 4) is 0 Å². The highest BCUT2D eigenvalue weighted by Gasteiger charge is 2.35. The van der Waals surface area contributed by atoms with Gasteiger partial charge in [0.15, 0.2) is 0 Å². The van der Waals surface area contributed by atoms with Crippen molar-refractivity contribution in [2.75, 3.05) is 0 Å². The predicted molar refractivity (Wildman–Crippen MR) is 89.2 cm³/mol. The Labute approximate surface area is 139 Å². The molecular weight excluding hydrogens is 310 g/mol. The van der Waals surface area contributed by atoms with Crippen molar-refractivity contribution in [2.45, 2.75) is 44.8 Å². The molecule has 1 atom stereocenters. The van der Waals surface area contributed by atoms with Crippen molar-refractivity contribution >= 4 is 17.2 Å². The van der Waals surface area contributed by atoms with Gasteiger partial charge in [0, 0.05) is 29.7 Å². The molecule has 3 rings (SSSR count). The zero-order valence-corrected chi connectivity index (χ0v) is 13.9. The molecule has 23 heavy (non-hydrogen) atoms. The van der Waals surface area contributed by atoms with Gasteiger partial charge in [-0.05, 0) is 37.8 Å². The average Bonchev–Trinajstić information content (AvgIpc) is 2.89. The molecule has 2 aromatic rings. The van der Waals surface area contributed by atoms with E-state index in [4.69, 9.17) is 0 Å². The fourth-order valence-corrected chi connectivity index (χ4v) is 3.56. The van der Waals surface area contributed by atoms with Crippen LogP contribution in [0, 0.1) is 12.8 Å². The molecule has 1 aliphatic carbocycles. The summed E-state index contributed by atoms with van der Waals surface area (Å²) in [6.45, 7) is 1.94. The highest BCUT2D eigenvalue weighted by atomic mass is 32.1. The second kappa shape index (κ2) is 7.19. The van der Waals surface area contributed by atoms with Crippen LogP contribution in [-0.4, -0.2) is 33.1 Å². The Morgan fingerprint density at radius 1 is 1.43 bits per heavy atom. The lowest BCUT2D eigenvalue weighted by molar-refractivity contribution is -0.122. The van der Waals surface area contributed by atoms with Gasteiger partial charge in [0.2, 0.25) is 5.91 Å². The minimum atomic E-state index is -0.232. The van der Waals surface area contributed by atoms with Gasteiger partial charge < -0.3 is 10.4 Å². The van der Waals surface area contributed by atoms with E-state index in [9.17, 15) is 9.90 Å². The van der Waals surface area contributed by atoms with E-state index in [1.807, 2.05) is 30.5 Å². The van der Waals surface area contributed by atoms with Gasteiger partial charge in [-0.3, -0.25) is 9.78 Å². The summed E-state index contributed by atoms with van der Waals surface area (Å²) < 4.78 is 0. The molecule has 0 spiro atoms. The smallest absolute Gasteiger partial charge is 0.226 e. The molecule has 2 aromatic heterocycles. The van der Waals surface area contributed by atoms with Crippen LogP contribution >= 0.6 is 11.3 Å². The van der Waals surface area contributed by atoms with Gasteiger partial charge >= 0.3 is 0 Å². The molecule has 0 radical (unpaired) electrons. The molecule has 1 fully saturated rings. The number of aliphatic hydroxyl groups excluding tert-OH is 1. The fraction of sp³-hybridized carbons (Fsp3) is 0.471. The second-order valence-electron chi connectivity index (χ2n) is 6.12. The van der Waals surface area contributed by atoms with Gasteiger partial charge in [0.05, 0.1) is 23.2 Å². The third kappa shape index (κ3) is 4.36. The quantitative estimate of drug-likeness (QED) is 0.847. The Balaban J connectivity index is 1.62. The molecule has 6 heteroatoms. The molecule has 0 aromatic carbocycles. The van der Waals surface area contributed by atoms with Crippen LogP contribution < -0.4 is 5.32 Å². The lowest BCUT2D eigenvalue weighted by Crippen LogP contribution is -2.48. The van der Waals surface area contributed by atoms with Crippen molar-refractivity contribution in [3.05, 3.63) is 46.2 Å². The fourth-order valence-electron chi connectivity index (χ4n) is 2.95. The molecule has 1 unspecified atom stereocenters. The largest absolute Gasteiger partial charge is 0.393 e. The minimum Gasteiger partial charge on any atom is -0.393 e. The van der Waals surface area contributed by atoms with E-state index in [2.05, 4.69) is 15.3 Å². The molecule has 0 bridgehead atoms. The third-order valence-electron chi connectivity index (χ3n) is 4.23. The standard InChI is InChI=1S/C17H21N3O2S/c1-11-19-14(10-23-11)9-17(22)20-16(12-6-15(21)7-12)8-13-4-2-3-5-18-13/h2-5,10,12,15-16,21H,6-9H2,1H3,(H,20,22). The Kier molecular flexibility index (Phi) is 5.03. The number of hydrogen-bond donors (Lipinski definition) is 2. The number of aliphatic hydroxyl groups is 1. The van der Waals surface area contributed by atoms with E-state index in [-0.39, 0.29) is 18.1 Å². The number of nitrogens with zero attached hydrogens (tertiary/aromatic N) is 2. The van der Waals surface area contributed by atoms with Crippen LogP contribution in [0.4, 0.5) is 0 Å². The van der Waals surface area contributed by atoms with E-state index >= 15 is 0 Å². The maximum absolute atomic E-state index is 12.3. The number of aromatic nitrogens is 2. The summed E-state index contributed by atoms with van der Waals surface area (Å²) in [6.07, 6.45) is 4.02. The molecule has 2 N–H and O–H groups in total. The summed E-state index contributed by atoms with van der Waals surface area (Å²) in [6, 6.07) is 5.82. The lowest BCUT2D eigenvalue weighted by Gasteiger charge is -2.38. The Hall–Kier alpha value is -1.79. The number of aryl methyl sites for hydroxylation is 1. The monoisotopic (exact) mass is 331 g/mol. The number of pyridine rings is 1. The molecule has 2 heterocycles. The van der Waals surface area contributed by atoms with E-state index in [1.54, 1.807) is 17.5 Å². The summed E-state index contributed by atoms with van der Waals surface area (Å²) in [5.41, 5.74) is 1.78. The summed E-state index contributed by atoms with van der Waals surface area (Å²) in [7, 11) is 0. The maximum Gasteiger partial charge on any atom is 0.226 e. The number of nitrogens with one attached hydrogen (secondary N) is 1. The summed E-state index contributed by atoms with van der Waals surface area (Å²) >= 11 is 1.56. The van der Waals surface area contributed by atoms with Gasteiger partial charge in [-0.1, -0.05) is 6.07 Å². The van der Waals surface area contributed by atoms with Crippen molar-refractivity contribution < 1.29 is 9.90 Å². The first-order chi connectivity index (χ1) is 11.1.